The van der Waals surface area contributed by atoms with Gasteiger partial charge in [-0.25, -0.2) is 0 Å². The monoisotopic (exact) mass is 336 g/mol. The number of nitrogens with one attached hydrogen (secondary N) is 1. The number of fused-ring (bicyclic) bond motifs is 3. The molecule has 4 nitrogen and oxygen atoms in total. The molecule has 0 saturated heterocycles. The van der Waals surface area contributed by atoms with Gasteiger partial charge in [0, 0.05) is 54.9 Å². The van der Waals surface area contributed by atoms with Gasteiger partial charge in [0.15, 0.2) is 0 Å². The maximum Gasteiger partial charge on any atom is 0.135 e. The Morgan fingerprint density at radius 1 is 1.04 bits per heavy atom. The van der Waals surface area contributed by atoms with Crippen LogP contribution in [0.25, 0.3) is 11.0 Å². The Hall–Kier alpha value is -2.62. The van der Waals surface area contributed by atoms with E-state index in [-0.39, 0.29) is 0 Å². The molecular weight excluding hydrogens is 312 g/mol. The van der Waals surface area contributed by atoms with Crippen molar-refractivity contribution in [1.29, 1.82) is 0 Å². The van der Waals surface area contributed by atoms with Crippen LogP contribution in [0.15, 0.2) is 40.8 Å². The number of benzene rings is 2. The van der Waals surface area contributed by atoms with Crippen molar-refractivity contribution < 1.29 is 9.52 Å². The molecular formula is C21H24N2O2. The lowest BCUT2D eigenvalue weighted by atomic mass is 9.93. The number of nitrogens with zero attached hydrogens (tertiary/aromatic N) is 1. The molecule has 3 aromatic rings. The molecule has 0 aliphatic heterocycles. The zero-order valence-electron chi connectivity index (χ0n) is 14.8. The van der Waals surface area contributed by atoms with E-state index in [4.69, 9.17) is 4.42 Å². The molecule has 0 radical (unpaired) electrons. The van der Waals surface area contributed by atoms with Crippen molar-refractivity contribution in [2.24, 2.45) is 0 Å². The van der Waals surface area contributed by atoms with Crippen LogP contribution in [0.3, 0.4) is 0 Å². The Morgan fingerprint density at radius 3 is 2.56 bits per heavy atom. The summed E-state index contributed by atoms with van der Waals surface area (Å²) in [6.45, 7) is 0.580. The third-order valence-corrected chi connectivity index (χ3v) is 5.06. The van der Waals surface area contributed by atoms with Crippen LogP contribution in [0.1, 0.15) is 29.7 Å². The smallest absolute Gasteiger partial charge is 0.135 e. The molecule has 0 bridgehead atoms. The number of aromatic hydroxyl groups is 1. The molecule has 0 fully saturated rings. The zero-order valence-corrected chi connectivity index (χ0v) is 14.8. The first-order valence-electron chi connectivity index (χ1n) is 8.90. The lowest BCUT2D eigenvalue weighted by Crippen LogP contribution is -2.08. The summed E-state index contributed by atoms with van der Waals surface area (Å²) in [5.74, 6) is 1.43. The number of rotatable bonds is 4. The minimum absolute atomic E-state index is 0.332. The molecule has 1 heterocycles. The third kappa shape index (κ3) is 2.93. The standard InChI is InChI=1S/C21H24N2O2/c1-23(2)15-9-7-14(8-10-15)22-13-17-18(24)11-12-20-21(17)16-5-3-4-6-19(16)25-20/h7-12,22,24H,3-6,13H2,1-2H3. The van der Waals surface area contributed by atoms with E-state index >= 15 is 0 Å². The van der Waals surface area contributed by atoms with Gasteiger partial charge in [-0.1, -0.05) is 0 Å². The molecule has 0 amide bonds. The summed E-state index contributed by atoms with van der Waals surface area (Å²) in [6.07, 6.45) is 4.42. The van der Waals surface area contributed by atoms with Gasteiger partial charge in [-0.05, 0) is 55.7 Å². The van der Waals surface area contributed by atoms with Gasteiger partial charge in [0.25, 0.3) is 0 Å². The summed E-state index contributed by atoms with van der Waals surface area (Å²) in [5, 5.41) is 15.0. The Labute approximate surface area is 148 Å². The van der Waals surface area contributed by atoms with E-state index in [9.17, 15) is 5.11 Å². The van der Waals surface area contributed by atoms with Crippen LogP contribution in [0, 0.1) is 0 Å². The van der Waals surface area contributed by atoms with Crippen LogP contribution in [-0.4, -0.2) is 19.2 Å². The maximum absolute atomic E-state index is 10.4. The molecule has 0 saturated carbocycles. The average Bonchev–Trinajstić information content (AvgIpc) is 3.00. The third-order valence-electron chi connectivity index (χ3n) is 5.06. The number of aryl methyl sites for hydroxylation is 2. The molecule has 2 aromatic carbocycles. The molecule has 4 heteroatoms. The number of anilines is 2. The first kappa shape index (κ1) is 15.9. The van der Waals surface area contributed by atoms with Crippen molar-refractivity contribution in [1.82, 2.24) is 0 Å². The van der Waals surface area contributed by atoms with Gasteiger partial charge in [-0.15, -0.1) is 0 Å². The fourth-order valence-corrected chi connectivity index (χ4v) is 3.67. The average molecular weight is 336 g/mol. The predicted octanol–water partition coefficient (Wildman–Crippen LogP) is 4.70. The summed E-state index contributed by atoms with van der Waals surface area (Å²) >= 11 is 0. The summed E-state index contributed by atoms with van der Waals surface area (Å²) in [7, 11) is 4.06. The Balaban J connectivity index is 1.64. The quantitative estimate of drug-likeness (QED) is 0.725. The minimum Gasteiger partial charge on any atom is -0.508 e. The topological polar surface area (TPSA) is 48.6 Å². The molecule has 4 rings (SSSR count). The zero-order chi connectivity index (χ0) is 17.4. The van der Waals surface area contributed by atoms with Crippen molar-refractivity contribution >= 4 is 22.3 Å². The van der Waals surface area contributed by atoms with Gasteiger partial charge in [0.2, 0.25) is 0 Å². The van der Waals surface area contributed by atoms with Gasteiger partial charge < -0.3 is 19.7 Å². The van der Waals surface area contributed by atoms with Crippen LogP contribution in [-0.2, 0) is 19.4 Å². The second kappa shape index (κ2) is 6.36. The Bertz CT molecular complexity index is 894. The van der Waals surface area contributed by atoms with Crippen molar-refractivity contribution in [3.63, 3.8) is 0 Å². The highest BCUT2D eigenvalue weighted by atomic mass is 16.3. The molecule has 0 spiro atoms. The summed E-state index contributed by atoms with van der Waals surface area (Å²) in [5.41, 5.74) is 5.32. The van der Waals surface area contributed by atoms with Crippen LogP contribution < -0.4 is 10.2 Å². The first-order valence-corrected chi connectivity index (χ1v) is 8.90. The molecule has 2 N–H and O–H groups in total. The lowest BCUT2D eigenvalue weighted by Gasteiger charge is -2.15. The number of phenols is 1. The largest absolute Gasteiger partial charge is 0.508 e. The molecule has 1 aliphatic rings. The summed E-state index contributed by atoms with van der Waals surface area (Å²) < 4.78 is 6.04. The minimum atomic E-state index is 0.332. The molecule has 1 aromatic heterocycles. The van der Waals surface area contributed by atoms with E-state index in [1.54, 1.807) is 6.07 Å². The number of phenolic OH excluding ortho intramolecular Hbond substituents is 1. The highest BCUT2D eigenvalue weighted by Crippen LogP contribution is 2.37. The number of hydrogen-bond donors (Lipinski definition) is 2. The predicted molar refractivity (Wildman–Crippen MR) is 103 cm³/mol. The molecule has 130 valence electrons. The van der Waals surface area contributed by atoms with Crippen LogP contribution in [0.4, 0.5) is 11.4 Å². The van der Waals surface area contributed by atoms with Crippen LogP contribution in [0.5, 0.6) is 5.75 Å². The maximum atomic E-state index is 10.4. The number of furan rings is 1. The normalized spacial score (nSPS) is 13.7. The van der Waals surface area contributed by atoms with Gasteiger partial charge in [-0.3, -0.25) is 0 Å². The summed E-state index contributed by atoms with van der Waals surface area (Å²) in [4.78, 5) is 2.08. The van der Waals surface area contributed by atoms with Gasteiger partial charge in [0.05, 0.1) is 0 Å². The van der Waals surface area contributed by atoms with Crippen molar-refractivity contribution in [3.8, 4) is 5.75 Å². The fraction of sp³-hybridized carbons (Fsp3) is 0.333. The molecule has 1 aliphatic carbocycles. The highest BCUT2D eigenvalue weighted by Gasteiger charge is 2.21. The van der Waals surface area contributed by atoms with E-state index < -0.39 is 0 Å². The van der Waals surface area contributed by atoms with Crippen LogP contribution >= 0.6 is 0 Å². The SMILES string of the molecule is CN(C)c1ccc(NCc2c(O)ccc3oc4c(c23)CCCC4)cc1. The van der Waals surface area contributed by atoms with Gasteiger partial charge in [-0.2, -0.15) is 0 Å². The Kier molecular flexibility index (Phi) is 4.04. The highest BCUT2D eigenvalue weighted by molar-refractivity contribution is 5.88. The van der Waals surface area contributed by atoms with Crippen molar-refractivity contribution in [3.05, 3.63) is 53.3 Å². The van der Waals surface area contributed by atoms with Crippen LogP contribution in [0.2, 0.25) is 0 Å². The first-order chi connectivity index (χ1) is 12.1. The second-order valence-corrected chi connectivity index (χ2v) is 6.94. The van der Waals surface area contributed by atoms with E-state index in [1.165, 1.54) is 24.1 Å². The van der Waals surface area contributed by atoms with E-state index in [2.05, 4.69) is 34.5 Å². The van der Waals surface area contributed by atoms with Gasteiger partial charge >= 0.3 is 0 Å². The van der Waals surface area contributed by atoms with E-state index in [0.717, 1.165) is 40.8 Å². The van der Waals surface area contributed by atoms with Crippen molar-refractivity contribution in [2.75, 3.05) is 24.3 Å². The Morgan fingerprint density at radius 2 is 1.80 bits per heavy atom. The second-order valence-electron chi connectivity index (χ2n) is 6.94. The van der Waals surface area contributed by atoms with Gasteiger partial charge in [0.1, 0.15) is 17.1 Å². The lowest BCUT2D eigenvalue weighted by molar-refractivity contribution is 0.469. The van der Waals surface area contributed by atoms with E-state index in [1.807, 2.05) is 20.2 Å². The fourth-order valence-electron chi connectivity index (χ4n) is 3.67. The van der Waals surface area contributed by atoms with E-state index in [0.29, 0.717) is 12.3 Å². The van der Waals surface area contributed by atoms with Crippen molar-refractivity contribution in [2.45, 2.75) is 32.2 Å². The molecule has 0 unspecified atom stereocenters. The molecule has 0 atom stereocenters. The summed E-state index contributed by atoms with van der Waals surface area (Å²) in [6, 6.07) is 11.9. The number of hydrogen-bond acceptors (Lipinski definition) is 4. The molecule has 25 heavy (non-hydrogen) atoms.